The van der Waals surface area contributed by atoms with Gasteiger partial charge in [0.25, 0.3) is 0 Å². The van der Waals surface area contributed by atoms with E-state index in [0.29, 0.717) is 48.4 Å². The van der Waals surface area contributed by atoms with Crippen LogP contribution in [0.15, 0.2) is 47.6 Å². The zero-order valence-corrected chi connectivity index (χ0v) is 19.7. The number of nitrogens with zero attached hydrogens (tertiary/aromatic N) is 4. The highest BCUT2D eigenvalue weighted by molar-refractivity contribution is 7.99. The minimum absolute atomic E-state index is 0.0313. The fourth-order valence-electron chi connectivity index (χ4n) is 3.34. The van der Waals surface area contributed by atoms with Gasteiger partial charge in [0.15, 0.2) is 11.6 Å². The molecule has 1 heterocycles. The third kappa shape index (κ3) is 6.89. The van der Waals surface area contributed by atoms with Crippen LogP contribution in [0.25, 0.3) is 0 Å². The Bertz CT molecular complexity index is 1070. The summed E-state index contributed by atoms with van der Waals surface area (Å²) in [5.74, 6) is 1.41. The van der Waals surface area contributed by atoms with E-state index in [2.05, 4.69) is 15.5 Å². The van der Waals surface area contributed by atoms with E-state index in [-0.39, 0.29) is 17.3 Å². The number of ketones is 2. The van der Waals surface area contributed by atoms with Gasteiger partial charge in [-0.1, -0.05) is 25.5 Å². The second kappa shape index (κ2) is 12.2. The number of tetrazole rings is 1. The molecule has 2 aromatic carbocycles. The number of ether oxygens (including phenoxy) is 1. The lowest BCUT2D eigenvalue weighted by molar-refractivity contribution is 0.0973. The third-order valence-corrected chi connectivity index (χ3v) is 6.17. The van der Waals surface area contributed by atoms with Gasteiger partial charge < -0.3 is 9.84 Å². The monoisotopic (exact) mass is 468 g/mol. The zero-order chi connectivity index (χ0) is 23.6. The Morgan fingerprint density at radius 2 is 1.94 bits per heavy atom. The van der Waals surface area contributed by atoms with Gasteiger partial charge in [-0.15, -0.1) is 16.9 Å². The molecule has 0 spiro atoms. The van der Waals surface area contributed by atoms with Crippen molar-refractivity contribution in [1.82, 2.24) is 20.2 Å². The number of phenols is 1. The van der Waals surface area contributed by atoms with Gasteiger partial charge in [0, 0.05) is 28.2 Å². The number of phenolic OH excluding ortho intramolecular Hbond substituents is 1. The molecule has 0 aliphatic carbocycles. The summed E-state index contributed by atoms with van der Waals surface area (Å²) in [6.45, 7) is 4.43. The lowest BCUT2D eigenvalue weighted by Gasteiger charge is -2.14. The fraction of sp³-hybridized carbons (Fsp3) is 0.375. The van der Waals surface area contributed by atoms with E-state index in [9.17, 15) is 14.7 Å². The normalized spacial score (nSPS) is 10.8. The molecule has 3 aromatic rings. The molecule has 0 aliphatic rings. The van der Waals surface area contributed by atoms with Crippen LogP contribution in [0.2, 0.25) is 0 Å². The Kier molecular flexibility index (Phi) is 9.00. The summed E-state index contributed by atoms with van der Waals surface area (Å²) in [5.41, 5.74) is 1.70. The van der Waals surface area contributed by atoms with Crippen LogP contribution in [0.1, 0.15) is 59.4 Å². The number of Topliss-reactive ketones (excluding diaryl/α,β-unsaturated/α-hetero) is 2. The lowest BCUT2D eigenvalue weighted by Crippen LogP contribution is -2.06. The minimum Gasteiger partial charge on any atom is -0.507 e. The van der Waals surface area contributed by atoms with E-state index in [1.807, 2.05) is 31.2 Å². The van der Waals surface area contributed by atoms with Crippen molar-refractivity contribution in [3.8, 4) is 11.5 Å². The maximum atomic E-state index is 12.3. The quantitative estimate of drug-likeness (QED) is 0.224. The van der Waals surface area contributed by atoms with Crippen LogP contribution in [0, 0.1) is 0 Å². The standard InChI is InChI=1S/C24H28N4O4S/c1-3-5-21-23(11-10-20(17(2)29)24(21)31)32-14-4-15-33-19-8-6-18(7-9-19)22(30)12-13-28-16-25-26-27-28/h6-11,16,31H,3-5,12-15H2,1-2H3. The van der Waals surface area contributed by atoms with Crippen molar-refractivity contribution in [3.05, 3.63) is 59.4 Å². The Hall–Kier alpha value is -3.20. The van der Waals surface area contributed by atoms with Crippen molar-refractivity contribution in [3.63, 3.8) is 0 Å². The summed E-state index contributed by atoms with van der Waals surface area (Å²) in [6.07, 6.45) is 4.15. The molecule has 0 bridgehead atoms. The first-order chi connectivity index (χ1) is 16.0. The number of aromatic hydroxyl groups is 1. The number of aryl methyl sites for hydroxylation is 1. The van der Waals surface area contributed by atoms with Crippen LogP contribution < -0.4 is 4.74 Å². The minimum atomic E-state index is -0.159. The average molecular weight is 469 g/mol. The molecule has 0 fully saturated rings. The molecule has 0 radical (unpaired) electrons. The smallest absolute Gasteiger partial charge is 0.164 e. The van der Waals surface area contributed by atoms with E-state index < -0.39 is 0 Å². The summed E-state index contributed by atoms with van der Waals surface area (Å²) in [5, 5.41) is 21.3. The largest absolute Gasteiger partial charge is 0.507 e. The van der Waals surface area contributed by atoms with Crippen molar-refractivity contribution in [2.24, 2.45) is 0 Å². The maximum Gasteiger partial charge on any atom is 0.164 e. The molecule has 33 heavy (non-hydrogen) atoms. The summed E-state index contributed by atoms with van der Waals surface area (Å²) >= 11 is 1.70. The number of hydrogen-bond acceptors (Lipinski definition) is 8. The summed E-state index contributed by atoms with van der Waals surface area (Å²) in [6, 6.07) is 11.0. The second-order valence-electron chi connectivity index (χ2n) is 7.57. The number of carbonyl (C=O) groups excluding carboxylic acids is 2. The van der Waals surface area contributed by atoms with Crippen LogP contribution in [-0.4, -0.2) is 49.2 Å². The molecule has 9 heteroatoms. The fourth-order valence-corrected chi connectivity index (χ4v) is 4.17. The molecular formula is C24H28N4O4S. The van der Waals surface area contributed by atoms with E-state index in [1.54, 1.807) is 23.9 Å². The molecule has 3 rings (SSSR count). The van der Waals surface area contributed by atoms with Crippen molar-refractivity contribution < 1.29 is 19.4 Å². The number of hydrogen-bond donors (Lipinski definition) is 1. The highest BCUT2D eigenvalue weighted by Crippen LogP contribution is 2.33. The number of aromatic nitrogens is 4. The van der Waals surface area contributed by atoms with Gasteiger partial charge in [0.05, 0.1) is 18.7 Å². The van der Waals surface area contributed by atoms with Gasteiger partial charge >= 0.3 is 0 Å². The molecule has 0 unspecified atom stereocenters. The SMILES string of the molecule is CCCc1c(OCCCSc2ccc(C(=O)CCn3cnnn3)cc2)ccc(C(C)=O)c1O. The van der Waals surface area contributed by atoms with Gasteiger partial charge in [-0.2, -0.15) is 0 Å². The Balaban J connectivity index is 1.44. The Labute approximate surface area is 197 Å². The number of thioether (sulfide) groups is 1. The summed E-state index contributed by atoms with van der Waals surface area (Å²) < 4.78 is 7.44. The highest BCUT2D eigenvalue weighted by Gasteiger charge is 2.15. The molecule has 0 aliphatic heterocycles. The topological polar surface area (TPSA) is 107 Å². The van der Waals surface area contributed by atoms with Gasteiger partial charge in [-0.25, -0.2) is 4.68 Å². The number of rotatable bonds is 13. The molecule has 8 nitrogen and oxygen atoms in total. The van der Waals surface area contributed by atoms with Crippen LogP contribution in [0.5, 0.6) is 11.5 Å². The van der Waals surface area contributed by atoms with Gasteiger partial charge in [0.2, 0.25) is 0 Å². The lowest BCUT2D eigenvalue weighted by atomic mass is 10.0. The molecule has 1 aromatic heterocycles. The molecule has 0 amide bonds. The van der Waals surface area contributed by atoms with Crippen molar-refractivity contribution >= 4 is 23.3 Å². The van der Waals surface area contributed by atoms with Gasteiger partial charge in [-0.3, -0.25) is 9.59 Å². The zero-order valence-electron chi connectivity index (χ0n) is 18.9. The van der Waals surface area contributed by atoms with Crippen molar-refractivity contribution in [2.75, 3.05) is 12.4 Å². The second-order valence-corrected chi connectivity index (χ2v) is 8.73. The summed E-state index contributed by atoms with van der Waals surface area (Å²) in [7, 11) is 0. The predicted octanol–water partition coefficient (Wildman–Crippen LogP) is 4.37. The molecular weight excluding hydrogens is 440 g/mol. The van der Waals surface area contributed by atoms with E-state index in [1.165, 1.54) is 17.9 Å². The first kappa shape index (κ1) is 24.4. The van der Waals surface area contributed by atoms with E-state index in [0.717, 1.165) is 23.5 Å². The van der Waals surface area contributed by atoms with Crippen molar-refractivity contribution in [2.45, 2.75) is 51.0 Å². The molecule has 0 saturated carbocycles. The van der Waals surface area contributed by atoms with Crippen LogP contribution in [-0.2, 0) is 13.0 Å². The van der Waals surface area contributed by atoms with Crippen LogP contribution in [0.4, 0.5) is 0 Å². The first-order valence-corrected chi connectivity index (χ1v) is 11.9. The van der Waals surface area contributed by atoms with E-state index >= 15 is 0 Å². The Morgan fingerprint density at radius 3 is 2.61 bits per heavy atom. The Morgan fingerprint density at radius 1 is 1.15 bits per heavy atom. The molecule has 0 saturated heterocycles. The van der Waals surface area contributed by atoms with Gasteiger partial charge in [0.1, 0.15) is 17.8 Å². The number of carbonyl (C=O) groups is 2. The first-order valence-electron chi connectivity index (χ1n) is 10.9. The highest BCUT2D eigenvalue weighted by atomic mass is 32.2. The maximum absolute atomic E-state index is 12.3. The van der Waals surface area contributed by atoms with Gasteiger partial charge in [-0.05, 0) is 54.5 Å². The number of benzene rings is 2. The van der Waals surface area contributed by atoms with Crippen LogP contribution >= 0.6 is 11.8 Å². The summed E-state index contributed by atoms with van der Waals surface area (Å²) in [4.78, 5) is 25.1. The molecule has 1 N–H and O–H groups in total. The third-order valence-electron chi connectivity index (χ3n) is 5.07. The molecule has 0 atom stereocenters. The van der Waals surface area contributed by atoms with E-state index in [4.69, 9.17) is 4.74 Å². The average Bonchev–Trinajstić information content (AvgIpc) is 3.33. The van der Waals surface area contributed by atoms with Crippen LogP contribution in [0.3, 0.4) is 0 Å². The van der Waals surface area contributed by atoms with Crippen molar-refractivity contribution in [1.29, 1.82) is 0 Å². The molecule has 174 valence electrons. The predicted molar refractivity (Wildman–Crippen MR) is 126 cm³/mol.